The van der Waals surface area contributed by atoms with E-state index in [-0.39, 0.29) is 41.6 Å². The van der Waals surface area contributed by atoms with E-state index in [0.717, 1.165) is 6.07 Å². The van der Waals surface area contributed by atoms with Crippen LogP contribution in [0.15, 0.2) is 42.5 Å². The molecular formula is C26H28ClFN2O6. The summed E-state index contributed by atoms with van der Waals surface area (Å²) in [6.45, 7) is 0.948. The van der Waals surface area contributed by atoms with E-state index < -0.39 is 23.0 Å². The van der Waals surface area contributed by atoms with Gasteiger partial charge in [0.2, 0.25) is 0 Å². The highest BCUT2D eigenvalue weighted by molar-refractivity contribution is 6.30. The summed E-state index contributed by atoms with van der Waals surface area (Å²) in [7, 11) is 0. The maximum atomic E-state index is 13.6. The first-order chi connectivity index (χ1) is 17.1. The first kappa shape index (κ1) is 25.9. The molecule has 3 aliphatic rings. The maximum Gasteiger partial charge on any atom is 0.258 e. The number of halogens is 2. The maximum absolute atomic E-state index is 13.6. The number of hydrogen-bond acceptors (Lipinski definition) is 6. The largest absolute Gasteiger partial charge is 0.484 e. The van der Waals surface area contributed by atoms with E-state index in [0.29, 0.717) is 43.4 Å². The van der Waals surface area contributed by atoms with E-state index in [2.05, 4.69) is 10.6 Å². The monoisotopic (exact) mass is 518 g/mol. The number of fused-ring (bicyclic) bond motifs is 3. The van der Waals surface area contributed by atoms with Crippen LogP contribution in [0.1, 0.15) is 49.4 Å². The Balaban J connectivity index is 1.26. The molecule has 0 radical (unpaired) electrons. The molecule has 0 spiro atoms. The second kappa shape index (κ2) is 10.4. The summed E-state index contributed by atoms with van der Waals surface area (Å²) in [5, 5.41) is 16.8. The van der Waals surface area contributed by atoms with E-state index in [1.54, 1.807) is 24.3 Å². The highest BCUT2D eigenvalue weighted by atomic mass is 35.5. The number of amides is 2. The molecule has 36 heavy (non-hydrogen) atoms. The standard InChI is InChI=1S/C26H28ClFN2O6/c1-16(31)17-2-4-18(5-3-17)35-15-24(34)30-26-10-8-25(9-11-26,13-22(26)32)29-23(33)14-36-19-6-7-20(27)21(28)12-19/h2-7,12,22,32H,8-11,13-15H2,1H3,(H,29,33)(H,30,34)/t22-,25?,26?/m0/s1. The van der Waals surface area contributed by atoms with Gasteiger partial charge in [0.1, 0.15) is 17.3 Å². The molecule has 0 aliphatic heterocycles. The van der Waals surface area contributed by atoms with E-state index in [1.165, 1.54) is 19.1 Å². The molecule has 0 saturated heterocycles. The van der Waals surface area contributed by atoms with Gasteiger partial charge < -0.3 is 25.2 Å². The first-order valence-electron chi connectivity index (χ1n) is 11.7. The predicted octanol–water partition coefficient (Wildman–Crippen LogP) is 3.19. The summed E-state index contributed by atoms with van der Waals surface area (Å²) in [5.41, 5.74) is -0.811. The second-order valence-corrected chi connectivity index (χ2v) is 9.89. The van der Waals surface area contributed by atoms with Gasteiger partial charge in [0, 0.05) is 17.2 Å². The van der Waals surface area contributed by atoms with Gasteiger partial charge in [0.15, 0.2) is 19.0 Å². The number of carbonyl (C=O) groups is 3. The van der Waals surface area contributed by atoms with Gasteiger partial charge in [-0.2, -0.15) is 0 Å². The smallest absolute Gasteiger partial charge is 0.258 e. The van der Waals surface area contributed by atoms with Gasteiger partial charge in [0.25, 0.3) is 11.8 Å². The van der Waals surface area contributed by atoms with Crippen molar-refractivity contribution in [3.8, 4) is 11.5 Å². The minimum Gasteiger partial charge on any atom is -0.484 e. The zero-order valence-electron chi connectivity index (χ0n) is 19.8. The number of ketones is 1. The van der Waals surface area contributed by atoms with Crippen molar-refractivity contribution in [2.24, 2.45) is 0 Å². The molecule has 5 rings (SSSR count). The Morgan fingerprint density at radius 3 is 2.14 bits per heavy atom. The van der Waals surface area contributed by atoms with Crippen LogP contribution in [0.2, 0.25) is 5.02 Å². The highest BCUT2D eigenvalue weighted by Gasteiger charge is 2.55. The molecule has 3 saturated carbocycles. The van der Waals surface area contributed by atoms with Crippen LogP contribution in [-0.2, 0) is 9.59 Å². The summed E-state index contributed by atoms with van der Waals surface area (Å²) < 4.78 is 24.4. The minimum atomic E-state index is -0.842. The Morgan fingerprint density at radius 2 is 1.56 bits per heavy atom. The van der Waals surface area contributed by atoms with Crippen molar-refractivity contribution >= 4 is 29.2 Å². The average Bonchev–Trinajstić information content (AvgIpc) is 2.85. The number of Topliss-reactive ketones (excluding diaryl/α,β-unsaturated/α-hetero) is 1. The van der Waals surface area contributed by atoms with E-state index >= 15 is 0 Å². The number of aliphatic hydroxyl groups is 1. The summed E-state index contributed by atoms with van der Waals surface area (Å²) in [4.78, 5) is 36.5. The fraction of sp³-hybridized carbons (Fsp3) is 0.423. The summed E-state index contributed by atoms with van der Waals surface area (Å²) in [6.07, 6.45) is 1.61. The molecule has 3 N–H and O–H groups in total. The number of benzene rings is 2. The number of ether oxygens (including phenoxy) is 2. The Hall–Kier alpha value is -3.17. The Labute approximate surface area is 213 Å². The zero-order chi connectivity index (χ0) is 25.9. The third-order valence-corrected chi connectivity index (χ3v) is 7.31. The Morgan fingerprint density at radius 1 is 0.972 bits per heavy atom. The predicted molar refractivity (Wildman–Crippen MR) is 130 cm³/mol. The molecule has 3 aliphatic carbocycles. The van der Waals surface area contributed by atoms with Gasteiger partial charge in [-0.3, -0.25) is 14.4 Å². The van der Waals surface area contributed by atoms with Crippen LogP contribution in [0, 0.1) is 5.82 Å². The van der Waals surface area contributed by atoms with Crippen molar-refractivity contribution in [2.75, 3.05) is 13.2 Å². The number of rotatable bonds is 9. The van der Waals surface area contributed by atoms with Gasteiger partial charge in [-0.1, -0.05) is 11.6 Å². The third kappa shape index (κ3) is 5.79. The molecular weight excluding hydrogens is 491 g/mol. The van der Waals surface area contributed by atoms with E-state index in [9.17, 15) is 23.9 Å². The molecule has 8 nitrogen and oxygen atoms in total. The molecule has 10 heteroatoms. The van der Waals surface area contributed by atoms with Crippen LogP contribution in [0.25, 0.3) is 0 Å². The van der Waals surface area contributed by atoms with Crippen molar-refractivity contribution in [1.82, 2.24) is 10.6 Å². The lowest BCUT2D eigenvalue weighted by Crippen LogP contribution is -2.70. The van der Waals surface area contributed by atoms with Gasteiger partial charge in [-0.05, 0) is 75.4 Å². The Bertz CT molecular complexity index is 1150. The number of carbonyl (C=O) groups excluding carboxylic acids is 3. The van der Waals surface area contributed by atoms with Crippen molar-refractivity contribution in [3.63, 3.8) is 0 Å². The molecule has 192 valence electrons. The molecule has 2 bridgehead atoms. The highest BCUT2D eigenvalue weighted by Crippen LogP contribution is 2.47. The molecule has 0 heterocycles. The normalized spacial score (nSPS) is 24.6. The van der Waals surface area contributed by atoms with Gasteiger partial charge in [-0.15, -0.1) is 0 Å². The molecule has 2 amide bonds. The lowest BCUT2D eigenvalue weighted by atomic mass is 9.60. The fourth-order valence-corrected chi connectivity index (χ4v) is 5.08. The van der Waals surface area contributed by atoms with Crippen LogP contribution in [0.3, 0.4) is 0 Å². The second-order valence-electron chi connectivity index (χ2n) is 9.49. The Kier molecular flexibility index (Phi) is 7.51. The summed E-state index contributed by atoms with van der Waals surface area (Å²) in [5.74, 6) is -0.766. The van der Waals surface area contributed by atoms with Crippen LogP contribution >= 0.6 is 11.6 Å². The van der Waals surface area contributed by atoms with Crippen LogP contribution in [-0.4, -0.2) is 53.1 Å². The van der Waals surface area contributed by atoms with Crippen LogP contribution < -0.4 is 20.1 Å². The van der Waals surface area contributed by atoms with Crippen molar-refractivity contribution in [3.05, 3.63) is 58.9 Å². The summed E-state index contributed by atoms with van der Waals surface area (Å²) >= 11 is 5.65. The molecule has 0 aromatic heterocycles. The fourth-order valence-electron chi connectivity index (χ4n) is 4.96. The quantitative estimate of drug-likeness (QED) is 0.439. The molecule has 3 fully saturated rings. The number of hydrogen-bond donors (Lipinski definition) is 3. The lowest BCUT2D eigenvalue weighted by molar-refractivity contribution is -0.137. The number of aliphatic hydroxyl groups excluding tert-OH is 1. The number of nitrogens with one attached hydrogen (secondary N) is 2. The first-order valence-corrected chi connectivity index (χ1v) is 12.1. The van der Waals surface area contributed by atoms with Crippen LogP contribution in [0.5, 0.6) is 11.5 Å². The molecule has 1 atom stereocenters. The van der Waals surface area contributed by atoms with E-state index in [1.807, 2.05) is 0 Å². The summed E-state index contributed by atoms with van der Waals surface area (Å²) in [6, 6.07) is 10.5. The molecule has 0 unspecified atom stereocenters. The molecule has 2 aromatic carbocycles. The van der Waals surface area contributed by atoms with Crippen molar-refractivity contribution in [1.29, 1.82) is 0 Å². The van der Waals surface area contributed by atoms with Crippen molar-refractivity contribution in [2.45, 2.75) is 56.2 Å². The zero-order valence-corrected chi connectivity index (χ0v) is 20.6. The minimum absolute atomic E-state index is 0.0328. The van der Waals surface area contributed by atoms with Gasteiger partial charge in [-0.25, -0.2) is 4.39 Å². The third-order valence-electron chi connectivity index (χ3n) is 7.01. The van der Waals surface area contributed by atoms with Gasteiger partial charge >= 0.3 is 0 Å². The van der Waals surface area contributed by atoms with E-state index in [4.69, 9.17) is 21.1 Å². The topological polar surface area (TPSA) is 114 Å². The van der Waals surface area contributed by atoms with Crippen LogP contribution in [0.4, 0.5) is 4.39 Å². The SMILES string of the molecule is CC(=O)c1ccc(OCC(=O)NC23CCC(NC(=O)COc4ccc(Cl)c(F)c4)(CC2)C[C@@H]3O)cc1. The van der Waals surface area contributed by atoms with Gasteiger partial charge in [0.05, 0.1) is 16.7 Å². The average molecular weight is 519 g/mol. The van der Waals surface area contributed by atoms with Crippen molar-refractivity contribution < 1.29 is 33.4 Å². The molecule has 2 aromatic rings. The lowest BCUT2D eigenvalue weighted by Gasteiger charge is -2.56.